The van der Waals surface area contributed by atoms with Crippen molar-refractivity contribution >= 4 is 12.0 Å². The van der Waals surface area contributed by atoms with Crippen molar-refractivity contribution in [2.24, 2.45) is 0 Å². The Morgan fingerprint density at radius 2 is 1.91 bits per heavy atom. The fourth-order valence-electron chi connectivity index (χ4n) is 3.40. The summed E-state index contributed by atoms with van der Waals surface area (Å²) in [6.07, 6.45) is -4.96. The minimum atomic E-state index is -4.67. The number of benzene rings is 1. The van der Waals surface area contributed by atoms with Crippen molar-refractivity contribution in [1.82, 2.24) is 20.2 Å². The molecule has 8 nitrogen and oxygen atoms in total. The molecule has 12 heteroatoms. The van der Waals surface area contributed by atoms with Gasteiger partial charge < -0.3 is 15.2 Å². The summed E-state index contributed by atoms with van der Waals surface area (Å²) in [4.78, 5) is 33.2. The summed E-state index contributed by atoms with van der Waals surface area (Å²) in [5.41, 5.74) is -1.77. The van der Waals surface area contributed by atoms with Crippen LogP contribution in [0.3, 0.4) is 0 Å². The smallest absolute Gasteiger partial charge is 0.434 e. The van der Waals surface area contributed by atoms with Crippen molar-refractivity contribution in [1.29, 1.82) is 0 Å². The monoisotopic (exact) mass is 484 g/mol. The van der Waals surface area contributed by atoms with Crippen LogP contribution in [0.2, 0.25) is 0 Å². The van der Waals surface area contributed by atoms with Crippen molar-refractivity contribution in [2.75, 3.05) is 6.54 Å². The molecule has 3 rings (SSSR count). The van der Waals surface area contributed by atoms with Crippen LogP contribution in [0.25, 0.3) is 11.3 Å². The summed E-state index contributed by atoms with van der Waals surface area (Å²) in [7, 11) is 0. The van der Waals surface area contributed by atoms with Gasteiger partial charge in [-0.25, -0.2) is 14.2 Å². The van der Waals surface area contributed by atoms with E-state index in [-0.39, 0.29) is 30.8 Å². The number of amides is 2. The Morgan fingerprint density at radius 1 is 1.21 bits per heavy atom. The van der Waals surface area contributed by atoms with Crippen molar-refractivity contribution in [3.8, 4) is 11.3 Å². The maximum Gasteiger partial charge on any atom is 0.434 e. The minimum absolute atomic E-state index is 0.0917. The Labute approximate surface area is 193 Å². The Kier molecular flexibility index (Phi) is 7.10. The van der Waals surface area contributed by atoms with Crippen LogP contribution in [-0.2, 0) is 22.3 Å². The molecule has 2 heterocycles. The molecule has 2 atom stereocenters. The molecule has 0 radical (unpaired) electrons. The van der Waals surface area contributed by atoms with E-state index in [9.17, 15) is 32.3 Å². The lowest BCUT2D eigenvalue weighted by molar-refractivity contribution is -0.141. The first-order valence-electron chi connectivity index (χ1n) is 10.4. The number of nitrogens with zero attached hydrogens (tertiary/aromatic N) is 3. The van der Waals surface area contributed by atoms with Gasteiger partial charge in [0.15, 0.2) is 5.69 Å². The molecule has 1 saturated heterocycles. The van der Waals surface area contributed by atoms with Crippen LogP contribution < -0.4 is 5.32 Å². The molecule has 2 unspecified atom stereocenters. The quantitative estimate of drug-likeness (QED) is 0.646. The Balaban J connectivity index is 1.71. The zero-order valence-corrected chi connectivity index (χ0v) is 18.7. The van der Waals surface area contributed by atoms with Gasteiger partial charge >= 0.3 is 12.3 Å². The van der Waals surface area contributed by atoms with Crippen molar-refractivity contribution in [3.63, 3.8) is 0 Å². The van der Waals surface area contributed by atoms with Crippen LogP contribution in [0.5, 0.6) is 0 Å². The lowest BCUT2D eigenvalue weighted by Gasteiger charge is -2.28. The third kappa shape index (κ3) is 5.99. The number of aliphatic hydroxyl groups is 1. The summed E-state index contributed by atoms with van der Waals surface area (Å²) in [6, 6.07) is 2.64. The summed E-state index contributed by atoms with van der Waals surface area (Å²) >= 11 is 0. The maximum atomic E-state index is 14.3. The number of alkyl halides is 3. The third-order valence-electron chi connectivity index (χ3n) is 4.98. The van der Waals surface area contributed by atoms with Gasteiger partial charge in [0, 0.05) is 18.7 Å². The standard InChI is InChI=1S/C22H24F4N4O4/c1-21(2,3)34-20(33)30-7-6-16(31)18(30)19(32)29-9-12-4-5-14(23)13(8-12)15-10-28-17(11-27-15)22(24,25)26/h4-5,8,10-11,16,18,31H,6-7,9H2,1-3H3,(H,29,32). The summed E-state index contributed by atoms with van der Waals surface area (Å²) < 4.78 is 57.6. The van der Waals surface area contributed by atoms with E-state index in [4.69, 9.17) is 4.74 Å². The Hall–Kier alpha value is -3.28. The van der Waals surface area contributed by atoms with E-state index in [1.54, 1.807) is 20.8 Å². The Morgan fingerprint density at radius 3 is 2.50 bits per heavy atom. The fourth-order valence-corrected chi connectivity index (χ4v) is 3.40. The molecule has 0 bridgehead atoms. The number of hydrogen-bond acceptors (Lipinski definition) is 6. The molecule has 0 spiro atoms. The molecule has 2 aromatic rings. The topological polar surface area (TPSA) is 105 Å². The molecule has 2 amide bonds. The summed E-state index contributed by atoms with van der Waals surface area (Å²) in [5, 5.41) is 12.8. The number of aromatic nitrogens is 2. The second-order valence-corrected chi connectivity index (χ2v) is 8.79. The molecule has 1 fully saturated rings. The Bertz CT molecular complexity index is 1050. The van der Waals surface area contributed by atoms with E-state index in [0.29, 0.717) is 11.8 Å². The molecule has 2 N–H and O–H groups in total. The van der Waals surface area contributed by atoms with E-state index >= 15 is 0 Å². The van der Waals surface area contributed by atoms with Crippen LogP contribution in [0.15, 0.2) is 30.6 Å². The van der Waals surface area contributed by atoms with Crippen molar-refractivity contribution in [2.45, 2.75) is 57.7 Å². The number of carbonyl (C=O) groups is 2. The van der Waals surface area contributed by atoms with Crippen LogP contribution in [0, 0.1) is 5.82 Å². The predicted molar refractivity (Wildman–Crippen MR) is 112 cm³/mol. The summed E-state index contributed by atoms with van der Waals surface area (Å²) in [5.74, 6) is -1.36. The normalized spacial score (nSPS) is 18.6. The second kappa shape index (κ2) is 9.53. The van der Waals surface area contributed by atoms with E-state index < -0.39 is 47.4 Å². The van der Waals surface area contributed by atoms with E-state index in [1.165, 1.54) is 12.1 Å². The van der Waals surface area contributed by atoms with E-state index in [2.05, 4.69) is 15.3 Å². The molecular formula is C22H24F4N4O4. The van der Waals surface area contributed by atoms with Gasteiger partial charge in [-0.05, 0) is 44.9 Å². The molecule has 1 aromatic carbocycles. The number of carbonyl (C=O) groups excluding carboxylic acids is 2. The zero-order chi connectivity index (χ0) is 25.3. The SMILES string of the molecule is CC(C)(C)OC(=O)N1CCC(O)C1C(=O)NCc1ccc(F)c(-c2cnc(C(F)(F)F)cn2)c1. The molecular weight excluding hydrogens is 460 g/mol. The average molecular weight is 484 g/mol. The van der Waals surface area contributed by atoms with Crippen molar-refractivity contribution in [3.05, 3.63) is 47.7 Å². The van der Waals surface area contributed by atoms with Gasteiger partial charge in [0.25, 0.3) is 0 Å². The highest BCUT2D eigenvalue weighted by Gasteiger charge is 2.42. The molecule has 0 aliphatic carbocycles. The van der Waals surface area contributed by atoms with Gasteiger partial charge in [-0.1, -0.05) is 6.07 Å². The van der Waals surface area contributed by atoms with Crippen LogP contribution in [-0.4, -0.2) is 56.3 Å². The number of rotatable bonds is 4. The highest BCUT2D eigenvalue weighted by Crippen LogP contribution is 2.29. The van der Waals surface area contributed by atoms with Gasteiger partial charge in [-0.2, -0.15) is 13.2 Å². The lowest BCUT2D eigenvalue weighted by atomic mass is 10.1. The second-order valence-electron chi connectivity index (χ2n) is 8.79. The van der Waals surface area contributed by atoms with Gasteiger partial charge in [0.1, 0.15) is 17.5 Å². The molecule has 184 valence electrons. The number of hydrogen-bond donors (Lipinski definition) is 2. The van der Waals surface area contributed by atoms with Gasteiger partial charge in [0.05, 0.1) is 24.2 Å². The number of nitrogens with one attached hydrogen (secondary N) is 1. The predicted octanol–water partition coefficient (Wildman–Crippen LogP) is 3.29. The molecule has 1 aliphatic heterocycles. The van der Waals surface area contributed by atoms with E-state index in [1.807, 2.05) is 0 Å². The van der Waals surface area contributed by atoms with Gasteiger partial charge in [-0.3, -0.25) is 14.7 Å². The number of halogens is 4. The van der Waals surface area contributed by atoms with Crippen LogP contribution in [0.1, 0.15) is 38.4 Å². The molecule has 0 saturated carbocycles. The first-order chi connectivity index (χ1) is 15.8. The number of ether oxygens (including phenoxy) is 1. The zero-order valence-electron chi connectivity index (χ0n) is 18.7. The molecule has 34 heavy (non-hydrogen) atoms. The van der Waals surface area contributed by atoms with Crippen LogP contribution >= 0.6 is 0 Å². The lowest BCUT2D eigenvalue weighted by Crippen LogP contribution is -2.51. The molecule has 1 aromatic heterocycles. The fraction of sp³-hybridized carbons (Fsp3) is 0.455. The average Bonchev–Trinajstić information content (AvgIpc) is 3.13. The highest BCUT2D eigenvalue weighted by atomic mass is 19.4. The van der Waals surface area contributed by atoms with Gasteiger partial charge in [-0.15, -0.1) is 0 Å². The largest absolute Gasteiger partial charge is 0.444 e. The minimum Gasteiger partial charge on any atom is -0.444 e. The highest BCUT2D eigenvalue weighted by molar-refractivity contribution is 5.87. The first kappa shape index (κ1) is 25.3. The van der Waals surface area contributed by atoms with Gasteiger partial charge in [0.2, 0.25) is 5.91 Å². The molecule has 1 aliphatic rings. The van der Waals surface area contributed by atoms with Crippen molar-refractivity contribution < 1.29 is 37.0 Å². The third-order valence-corrected chi connectivity index (χ3v) is 4.98. The van der Waals surface area contributed by atoms with Crippen LogP contribution in [0.4, 0.5) is 22.4 Å². The number of aliphatic hydroxyl groups excluding tert-OH is 1. The summed E-state index contributed by atoms with van der Waals surface area (Å²) in [6.45, 7) is 5.09. The first-order valence-corrected chi connectivity index (χ1v) is 10.4. The number of likely N-dealkylation sites (tertiary alicyclic amines) is 1. The van der Waals surface area contributed by atoms with E-state index in [0.717, 1.165) is 17.2 Å². The maximum absolute atomic E-state index is 14.3.